The molecule has 6 nitrogen and oxygen atoms in total. The van der Waals surface area contributed by atoms with Gasteiger partial charge in [-0.2, -0.15) is 5.10 Å². The Labute approximate surface area is 83.3 Å². The maximum Gasteiger partial charge on any atom is 0.184 e. The summed E-state index contributed by atoms with van der Waals surface area (Å²) in [6.45, 7) is 0. The Hall–Kier alpha value is -1.77. The van der Waals surface area contributed by atoms with E-state index in [-0.39, 0.29) is 16.8 Å². The van der Waals surface area contributed by atoms with Gasteiger partial charge in [0, 0.05) is 5.39 Å². The first-order valence-electron chi connectivity index (χ1n) is 3.61. The van der Waals surface area contributed by atoms with Crippen LogP contribution in [0.1, 0.15) is 0 Å². The monoisotopic (exact) mass is 219 g/mol. The number of hydrazine groups is 1. The van der Waals surface area contributed by atoms with Crippen molar-refractivity contribution < 1.29 is 14.3 Å². The van der Waals surface area contributed by atoms with Gasteiger partial charge in [0.25, 0.3) is 0 Å². The number of nitrogens with two attached hydrogens (primary N) is 3. The fourth-order valence-corrected chi connectivity index (χ4v) is 1.05. The Bertz CT molecular complexity index is 444. The number of benzene rings is 1. The van der Waals surface area contributed by atoms with Crippen molar-refractivity contribution in [2.24, 2.45) is 11.7 Å². The highest BCUT2D eigenvalue weighted by molar-refractivity contribution is 5.88. The van der Waals surface area contributed by atoms with E-state index < -0.39 is 11.6 Å². The topological polar surface area (TPSA) is 138 Å². The quantitative estimate of drug-likeness (QED) is 0.347. The van der Waals surface area contributed by atoms with Crippen LogP contribution in [0.4, 0.5) is 14.6 Å². The lowest BCUT2D eigenvalue weighted by Crippen LogP contribution is -2.02. The highest BCUT2D eigenvalue weighted by Gasteiger charge is 2.10. The summed E-state index contributed by atoms with van der Waals surface area (Å²) in [6.07, 6.45) is 0. The third-order valence-electron chi connectivity index (χ3n) is 1.66. The maximum absolute atomic E-state index is 12.9. The SMILES string of the molecule is NN.Nc1n[nH]c2c(F)c(F)ccc12.O. The van der Waals surface area contributed by atoms with Crippen molar-refractivity contribution in [3.8, 4) is 0 Å². The van der Waals surface area contributed by atoms with Gasteiger partial charge in [0.1, 0.15) is 5.52 Å². The molecule has 0 aliphatic carbocycles. The number of hydrogen-bond donors (Lipinski definition) is 4. The number of fused-ring (bicyclic) bond motifs is 1. The summed E-state index contributed by atoms with van der Waals surface area (Å²) >= 11 is 0. The zero-order valence-electron chi connectivity index (χ0n) is 7.59. The molecule has 1 aromatic heterocycles. The molecule has 0 aliphatic heterocycles. The molecule has 0 atom stereocenters. The van der Waals surface area contributed by atoms with Gasteiger partial charge in [0.2, 0.25) is 0 Å². The average Bonchev–Trinajstić information content (AvgIpc) is 2.58. The first kappa shape index (κ1) is 13.2. The molecular weight excluding hydrogens is 208 g/mol. The predicted octanol–water partition coefficient (Wildman–Crippen LogP) is -0.583. The Morgan fingerprint density at radius 3 is 2.40 bits per heavy atom. The Balaban J connectivity index is 0.000000617. The molecule has 0 saturated carbocycles. The zero-order chi connectivity index (χ0) is 10.7. The van der Waals surface area contributed by atoms with Gasteiger partial charge in [-0.15, -0.1) is 0 Å². The van der Waals surface area contributed by atoms with Gasteiger partial charge in [-0.1, -0.05) is 0 Å². The second-order valence-electron chi connectivity index (χ2n) is 2.39. The summed E-state index contributed by atoms with van der Waals surface area (Å²) in [7, 11) is 0. The van der Waals surface area contributed by atoms with Crippen molar-refractivity contribution in [1.29, 1.82) is 0 Å². The molecule has 15 heavy (non-hydrogen) atoms. The van der Waals surface area contributed by atoms with Crippen molar-refractivity contribution >= 4 is 16.7 Å². The highest BCUT2D eigenvalue weighted by atomic mass is 19.2. The first-order valence-corrected chi connectivity index (χ1v) is 3.61. The van der Waals surface area contributed by atoms with E-state index in [0.29, 0.717) is 5.39 Å². The predicted molar refractivity (Wildman–Crippen MR) is 52.4 cm³/mol. The molecule has 0 saturated heterocycles. The number of aromatic nitrogens is 2. The first-order chi connectivity index (χ1) is 6.70. The molecule has 8 heteroatoms. The number of nitrogens with zero attached hydrogens (tertiary/aromatic N) is 1. The van der Waals surface area contributed by atoms with Gasteiger partial charge >= 0.3 is 0 Å². The highest BCUT2D eigenvalue weighted by Crippen LogP contribution is 2.21. The van der Waals surface area contributed by atoms with Gasteiger partial charge in [0.15, 0.2) is 17.5 Å². The Morgan fingerprint density at radius 2 is 1.80 bits per heavy atom. The molecule has 0 bridgehead atoms. The summed E-state index contributed by atoms with van der Waals surface area (Å²) in [5.74, 6) is 6.31. The molecular formula is C7H11F2N5O. The van der Waals surface area contributed by atoms with Gasteiger partial charge in [-0.05, 0) is 12.1 Å². The number of nitrogens with one attached hydrogen (secondary N) is 1. The summed E-state index contributed by atoms with van der Waals surface area (Å²) in [4.78, 5) is 0. The van der Waals surface area contributed by atoms with Crippen molar-refractivity contribution in [1.82, 2.24) is 10.2 Å². The van der Waals surface area contributed by atoms with Gasteiger partial charge < -0.3 is 11.2 Å². The largest absolute Gasteiger partial charge is 0.412 e. The summed E-state index contributed by atoms with van der Waals surface area (Å²) in [5, 5.41) is 6.25. The molecule has 2 aromatic rings. The molecule has 1 heterocycles. The van der Waals surface area contributed by atoms with Crippen LogP contribution in [0.3, 0.4) is 0 Å². The number of halogens is 2. The van der Waals surface area contributed by atoms with Crippen LogP contribution in [0.5, 0.6) is 0 Å². The van der Waals surface area contributed by atoms with Crippen LogP contribution in [-0.2, 0) is 0 Å². The second-order valence-corrected chi connectivity index (χ2v) is 2.39. The molecule has 0 amide bonds. The van der Waals surface area contributed by atoms with E-state index in [9.17, 15) is 8.78 Å². The average molecular weight is 219 g/mol. The minimum atomic E-state index is -0.948. The van der Waals surface area contributed by atoms with Crippen LogP contribution in [0.15, 0.2) is 12.1 Å². The van der Waals surface area contributed by atoms with E-state index in [2.05, 4.69) is 21.9 Å². The summed E-state index contributed by atoms with van der Waals surface area (Å²) < 4.78 is 25.5. The Morgan fingerprint density at radius 1 is 1.20 bits per heavy atom. The summed E-state index contributed by atoms with van der Waals surface area (Å²) in [5.41, 5.74) is 5.37. The lowest BCUT2D eigenvalue weighted by Gasteiger charge is -1.92. The molecule has 0 unspecified atom stereocenters. The second kappa shape index (κ2) is 5.20. The molecule has 84 valence electrons. The van der Waals surface area contributed by atoms with E-state index in [1.807, 2.05) is 0 Å². The van der Waals surface area contributed by atoms with Crippen molar-refractivity contribution in [2.45, 2.75) is 0 Å². The molecule has 1 aromatic carbocycles. The lowest BCUT2D eigenvalue weighted by molar-refractivity contribution is 0.515. The number of rotatable bonds is 0. The van der Waals surface area contributed by atoms with E-state index in [4.69, 9.17) is 5.73 Å². The van der Waals surface area contributed by atoms with Crippen LogP contribution in [0.2, 0.25) is 0 Å². The molecule has 2 rings (SSSR count). The molecule has 0 aliphatic rings. The van der Waals surface area contributed by atoms with Crippen molar-refractivity contribution in [3.63, 3.8) is 0 Å². The van der Waals surface area contributed by atoms with Gasteiger partial charge in [0.05, 0.1) is 0 Å². The van der Waals surface area contributed by atoms with Crippen LogP contribution in [0, 0.1) is 11.6 Å². The number of hydrogen-bond acceptors (Lipinski definition) is 4. The van der Waals surface area contributed by atoms with E-state index >= 15 is 0 Å². The van der Waals surface area contributed by atoms with Gasteiger partial charge in [-0.3, -0.25) is 16.8 Å². The van der Waals surface area contributed by atoms with Crippen LogP contribution in [-0.4, -0.2) is 15.7 Å². The standard InChI is InChI=1S/C7H5F2N3.H4N2.H2O/c8-4-2-1-3-6(5(4)9)11-12-7(3)10;1-2;/h1-2H,(H3,10,11,12);1-2H2;1H2. The van der Waals surface area contributed by atoms with Gasteiger partial charge in [-0.25, -0.2) is 8.78 Å². The number of nitrogen functional groups attached to an aromatic ring is 1. The van der Waals surface area contributed by atoms with Crippen LogP contribution in [0.25, 0.3) is 10.9 Å². The zero-order valence-corrected chi connectivity index (χ0v) is 7.59. The molecule has 0 spiro atoms. The minimum Gasteiger partial charge on any atom is -0.412 e. The van der Waals surface area contributed by atoms with E-state index in [0.717, 1.165) is 6.07 Å². The third kappa shape index (κ3) is 2.18. The van der Waals surface area contributed by atoms with Crippen molar-refractivity contribution in [2.75, 3.05) is 5.73 Å². The van der Waals surface area contributed by atoms with E-state index in [1.165, 1.54) is 6.07 Å². The fourth-order valence-electron chi connectivity index (χ4n) is 1.05. The number of H-pyrrole nitrogens is 1. The minimum absolute atomic E-state index is 0. The lowest BCUT2D eigenvalue weighted by atomic mass is 10.2. The number of aromatic amines is 1. The normalized spacial score (nSPS) is 9.07. The fraction of sp³-hybridized carbons (Fsp3) is 0. The molecule has 9 N–H and O–H groups in total. The number of anilines is 1. The molecule has 0 radical (unpaired) electrons. The smallest absolute Gasteiger partial charge is 0.184 e. The molecule has 0 fully saturated rings. The van der Waals surface area contributed by atoms with E-state index in [1.54, 1.807) is 0 Å². The Kier molecular flexibility index (Phi) is 4.58. The summed E-state index contributed by atoms with van der Waals surface area (Å²) in [6, 6.07) is 2.40. The van der Waals surface area contributed by atoms with Crippen LogP contribution < -0.4 is 17.4 Å². The van der Waals surface area contributed by atoms with Crippen LogP contribution >= 0.6 is 0 Å². The maximum atomic E-state index is 12.9. The van der Waals surface area contributed by atoms with Crippen molar-refractivity contribution in [3.05, 3.63) is 23.8 Å². The third-order valence-corrected chi connectivity index (χ3v) is 1.66.